The molecular weight excluding hydrogens is 325 g/mol. The maximum atomic E-state index is 12.9. The van der Waals surface area contributed by atoms with E-state index in [1.807, 2.05) is 6.92 Å². The molecule has 2 N–H and O–H groups in total. The van der Waals surface area contributed by atoms with Gasteiger partial charge in [-0.1, -0.05) is 17.7 Å². The number of benzene rings is 1. The van der Waals surface area contributed by atoms with E-state index in [1.54, 1.807) is 39.8 Å². The van der Waals surface area contributed by atoms with E-state index in [1.165, 1.54) is 12.1 Å². The fourth-order valence-corrected chi connectivity index (χ4v) is 6.05. The van der Waals surface area contributed by atoms with Crippen molar-refractivity contribution in [2.45, 2.75) is 56.8 Å². The molecule has 0 aromatic heterocycles. The first-order valence-corrected chi connectivity index (χ1v) is 10.2. The van der Waals surface area contributed by atoms with Crippen LogP contribution in [-0.4, -0.2) is 25.7 Å². The summed E-state index contributed by atoms with van der Waals surface area (Å²) in [6.45, 7) is 8.40. The summed E-state index contributed by atoms with van der Waals surface area (Å²) in [7, 11) is -8.07. The van der Waals surface area contributed by atoms with Crippen LogP contribution >= 0.6 is 7.60 Å². The van der Waals surface area contributed by atoms with Crippen LogP contribution in [0.1, 0.15) is 33.3 Å². The summed E-state index contributed by atoms with van der Waals surface area (Å²) in [4.78, 5) is -0.00876. The summed E-state index contributed by atoms with van der Waals surface area (Å²) in [5.41, 5.74) is 6.71. The van der Waals surface area contributed by atoms with Crippen molar-refractivity contribution < 1.29 is 22.0 Å². The first-order chi connectivity index (χ1) is 9.99. The van der Waals surface area contributed by atoms with Crippen LogP contribution in [0.4, 0.5) is 0 Å². The van der Waals surface area contributed by atoms with Crippen LogP contribution < -0.4 is 5.73 Å². The van der Waals surface area contributed by atoms with E-state index in [0.717, 1.165) is 5.56 Å². The third-order valence-corrected chi connectivity index (χ3v) is 7.92. The largest absolute Gasteiger partial charge is 0.363 e. The molecule has 0 aliphatic rings. The zero-order chi connectivity index (χ0) is 17.1. The lowest BCUT2D eigenvalue weighted by Crippen LogP contribution is -2.33. The van der Waals surface area contributed by atoms with Crippen LogP contribution in [0.15, 0.2) is 29.2 Å². The summed E-state index contributed by atoms with van der Waals surface area (Å²) < 4.78 is 48.6. The molecule has 0 heterocycles. The topological polar surface area (TPSA) is 95.7 Å². The van der Waals surface area contributed by atoms with Crippen molar-refractivity contribution in [2.24, 2.45) is 5.73 Å². The SMILES string of the molecule is Cc1ccc(S(=O)(=O)C(N)P(=O)(OC(C)C)OC(C)C)cc1. The fraction of sp³-hybridized carbons (Fsp3) is 0.571. The van der Waals surface area contributed by atoms with Gasteiger partial charge in [-0.25, -0.2) is 8.42 Å². The predicted octanol–water partition coefficient (Wildman–Crippen LogP) is 3.05. The van der Waals surface area contributed by atoms with Crippen molar-refractivity contribution in [1.29, 1.82) is 0 Å². The van der Waals surface area contributed by atoms with Gasteiger partial charge in [-0.2, -0.15) is 0 Å². The van der Waals surface area contributed by atoms with Crippen molar-refractivity contribution in [3.05, 3.63) is 29.8 Å². The average molecular weight is 349 g/mol. The molecule has 1 atom stereocenters. The van der Waals surface area contributed by atoms with Crippen LogP contribution in [0, 0.1) is 6.92 Å². The molecule has 0 aliphatic heterocycles. The molecule has 6 nitrogen and oxygen atoms in total. The highest BCUT2D eigenvalue weighted by atomic mass is 32.2. The normalized spacial score (nSPS) is 14.5. The van der Waals surface area contributed by atoms with Crippen LogP contribution in [0.2, 0.25) is 0 Å². The molecule has 0 aliphatic carbocycles. The Labute approximate surface area is 132 Å². The first-order valence-electron chi connectivity index (χ1n) is 7.01. The molecule has 22 heavy (non-hydrogen) atoms. The van der Waals surface area contributed by atoms with E-state index in [2.05, 4.69) is 0 Å². The number of hydrogen-bond donors (Lipinski definition) is 1. The Morgan fingerprint density at radius 3 is 1.77 bits per heavy atom. The molecule has 0 fully saturated rings. The van der Waals surface area contributed by atoms with Gasteiger partial charge in [-0.15, -0.1) is 0 Å². The Bertz CT molecular complexity index is 626. The third-order valence-electron chi connectivity index (χ3n) is 2.69. The van der Waals surface area contributed by atoms with E-state index in [0.29, 0.717) is 0 Å². The van der Waals surface area contributed by atoms with E-state index in [4.69, 9.17) is 14.8 Å². The van der Waals surface area contributed by atoms with Gasteiger partial charge >= 0.3 is 7.60 Å². The van der Waals surface area contributed by atoms with Gasteiger partial charge in [0.25, 0.3) is 0 Å². The minimum atomic E-state index is -4.04. The van der Waals surface area contributed by atoms with Gasteiger partial charge in [-0.3, -0.25) is 4.57 Å². The van der Waals surface area contributed by atoms with E-state index in [-0.39, 0.29) is 4.90 Å². The maximum absolute atomic E-state index is 12.9. The van der Waals surface area contributed by atoms with Crippen LogP contribution in [-0.2, 0) is 23.4 Å². The van der Waals surface area contributed by atoms with Crippen molar-refractivity contribution in [3.8, 4) is 0 Å². The van der Waals surface area contributed by atoms with Crippen LogP contribution in [0.25, 0.3) is 0 Å². The number of rotatable bonds is 7. The number of aryl methyl sites for hydroxylation is 1. The quantitative estimate of drug-likeness (QED) is 0.760. The summed E-state index contributed by atoms with van der Waals surface area (Å²) >= 11 is 0. The Morgan fingerprint density at radius 1 is 1.00 bits per heavy atom. The molecular formula is C14H24NO5PS. The number of hydrogen-bond acceptors (Lipinski definition) is 6. The first kappa shape index (κ1) is 19.3. The number of sulfone groups is 1. The molecule has 1 rings (SSSR count). The summed E-state index contributed by atoms with van der Waals surface area (Å²) in [6, 6.07) is 6.16. The maximum Gasteiger partial charge on any atom is 0.363 e. The average Bonchev–Trinajstić information content (AvgIpc) is 2.36. The van der Waals surface area contributed by atoms with Gasteiger partial charge in [0, 0.05) is 0 Å². The smallest absolute Gasteiger partial charge is 0.305 e. The number of nitrogens with two attached hydrogens (primary N) is 1. The third kappa shape index (κ3) is 4.64. The molecule has 1 aromatic carbocycles. The Morgan fingerprint density at radius 2 is 1.41 bits per heavy atom. The predicted molar refractivity (Wildman–Crippen MR) is 86.4 cm³/mol. The second-order valence-electron chi connectivity index (χ2n) is 5.60. The van der Waals surface area contributed by atoms with Gasteiger partial charge in [-0.05, 0) is 46.8 Å². The molecule has 0 bridgehead atoms. The van der Waals surface area contributed by atoms with Crippen LogP contribution in [0.3, 0.4) is 0 Å². The second-order valence-corrected chi connectivity index (χ2v) is 10.1. The molecule has 0 spiro atoms. The lowest BCUT2D eigenvalue weighted by Gasteiger charge is -2.27. The lowest BCUT2D eigenvalue weighted by molar-refractivity contribution is 0.141. The molecule has 126 valence electrons. The second kappa shape index (κ2) is 7.23. The summed E-state index contributed by atoms with van der Waals surface area (Å²) in [5.74, 6) is 0. The Kier molecular flexibility index (Phi) is 6.36. The van der Waals surface area contributed by atoms with E-state index in [9.17, 15) is 13.0 Å². The minimum Gasteiger partial charge on any atom is -0.305 e. The lowest BCUT2D eigenvalue weighted by atomic mass is 10.2. The van der Waals surface area contributed by atoms with E-state index < -0.39 is 34.8 Å². The Hall–Kier alpha value is -0.720. The standard InChI is InChI=1S/C14H24NO5PS/c1-10(2)19-21(16,20-11(3)4)14(15)22(17,18)13-8-6-12(5)7-9-13/h6-11,14H,15H2,1-5H3. The molecule has 1 aromatic rings. The zero-order valence-electron chi connectivity index (χ0n) is 13.5. The Balaban J connectivity index is 3.24. The fourth-order valence-electron chi connectivity index (χ4n) is 1.77. The van der Waals surface area contributed by atoms with Crippen molar-refractivity contribution in [2.75, 3.05) is 0 Å². The zero-order valence-corrected chi connectivity index (χ0v) is 15.2. The van der Waals surface area contributed by atoms with Gasteiger partial charge in [0.1, 0.15) is 0 Å². The van der Waals surface area contributed by atoms with Crippen molar-refractivity contribution >= 4 is 17.4 Å². The molecule has 8 heteroatoms. The minimum absolute atomic E-state index is 0.00876. The van der Waals surface area contributed by atoms with E-state index >= 15 is 0 Å². The molecule has 0 saturated carbocycles. The van der Waals surface area contributed by atoms with Crippen LogP contribution in [0.5, 0.6) is 0 Å². The molecule has 0 amide bonds. The van der Waals surface area contributed by atoms with Crippen molar-refractivity contribution in [3.63, 3.8) is 0 Å². The highest BCUT2D eigenvalue weighted by molar-refractivity contribution is 7.98. The summed E-state index contributed by atoms with van der Waals surface area (Å²) in [5, 5.41) is -1.77. The van der Waals surface area contributed by atoms with Gasteiger partial charge < -0.3 is 14.8 Å². The highest BCUT2D eigenvalue weighted by Crippen LogP contribution is 2.55. The van der Waals surface area contributed by atoms with Gasteiger partial charge in [0.15, 0.2) is 0 Å². The molecule has 0 radical (unpaired) electrons. The highest BCUT2D eigenvalue weighted by Gasteiger charge is 2.44. The van der Waals surface area contributed by atoms with Crippen molar-refractivity contribution in [1.82, 2.24) is 0 Å². The molecule has 0 saturated heterocycles. The summed E-state index contributed by atoms with van der Waals surface area (Å²) in [6.07, 6.45) is -0.965. The van der Waals surface area contributed by atoms with Gasteiger partial charge in [0.2, 0.25) is 15.0 Å². The monoisotopic (exact) mass is 349 g/mol. The van der Waals surface area contributed by atoms with Gasteiger partial charge in [0.05, 0.1) is 17.1 Å². The molecule has 1 unspecified atom stereocenters.